The number of aryl methyl sites for hydroxylation is 2. The Kier molecular flexibility index (Phi) is 4.77. The van der Waals surface area contributed by atoms with Crippen molar-refractivity contribution in [3.8, 4) is 33.5 Å². The highest BCUT2D eigenvalue weighted by Gasteiger charge is 2.39. The fraction of sp³-hybridized carbons (Fsp3) is 0.128. The first kappa shape index (κ1) is 23.3. The Labute approximate surface area is 235 Å². The van der Waals surface area contributed by atoms with Gasteiger partial charge in [0.15, 0.2) is 0 Å². The second-order valence-corrected chi connectivity index (χ2v) is 12.0. The summed E-state index contributed by atoms with van der Waals surface area (Å²) in [6.07, 6.45) is 0. The van der Waals surface area contributed by atoms with E-state index in [-0.39, 0.29) is 5.41 Å². The van der Waals surface area contributed by atoms with Crippen molar-refractivity contribution in [2.75, 3.05) is 0 Å². The fourth-order valence-corrected chi connectivity index (χ4v) is 7.20. The first-order valence-corrected chi connectivity index (χ1v) is 14.2. The smallest absolute Gasteiger partial charge is 0.0509 e. The number of hydrogen-bond acceptors (Lipinski definition) is 0. The van der Waals surface area contributed by atoms with E-state index in [1.54, 1.807) is 0 Å². The highest BCUT2D eigenvalue weighted by atomic mass is 14.7. The summed E-state index contributed by atoms with van der Waals surface area (Å²) in [5, 5.41) is 6.54. The van der Waals surface area contributed by atoms with E-state index in [1.807, 2.05) is 0 Å². The number of rotatable bonds is 2. The van der Waals surface area contributed by atoms with Crippen LogP contribution in [0.15, 0.2) is 109 Å². The second-order valence-electron chi connectivity index (χ2n) is 12.0. The van der Waals surface area contributed by atoms with Gasteiger partial charge in [-0.3, -0.25) is 0 Å². The third-order valence-electron chi connectivity index (χ3n) is 9.10. The zero-order chi connectivity index (χ0) is 27.2. The fourth-order valence-electron chi connectivity index (χ4n) is 7.20. The zero-order valence-electron chi connectivity index (χ0n) is 23.4. The minimum atomic E-state index is -0.0971. The molecule has 1 aromatic heterocycles. The zero-order valence-corrected chi connectivity index (χ0v) is 23.4. The lowest BCUT2D eigenvalue weighted by Gasteiger charge is -2.23. The van der Waals surface area contributed by atoms with Crippen LogP contribution in [0, 0.1) is 13.8 Å². The molecular formula is C39H31N. The number of aromatic nitrogens is 1. The standard InChI is InChI=1S/C39H31N/c1-23-13-16-25(17-14-23)35-27-9-5-7-11-29(27)36(30-12-8-6-10-28(30)35)26-18-19-31-33(22-26)39(3,4)37-32-21-24(2)15-20-34(32)40-38(31)37/h5-22,40H,1-4H3. The van der Waals surface area contributed by atoms with Gasteiger partial charge in [-0.1, -0.05) is 116 Å². The Morgan fingerprint density at radius 2 is 1.07 bits per heavy atom. The van der Waals surface area contributed by atoms with Crippen LogP contribution in [-0.2, 0) is 5.41 Å². The molecule has 7 aromatic rings. The number of aromatic amines is 1. The summed E-state index contributed by atoms with van der Waals surface area (Å²) in [6, 6.07) is 40.7. The van der Waals surface area contributed by atoms with Crippen molar-refractivity contribution in [1.29, 1.82) is 0 Å². The summed E-state index contributed by atoms with van der Waals surface area (Å²) in [7, 11) is 0. The van der Waals surface area contributed by atoms with E-state index in [4.69, 9.17) is 0 Å². The van der Waals surface area contributed by atoms with E-state index in [2.05, 4.69) is 142 Å². The quantitative estimate of drug-likeness (QED) is 0.221. The molecule has 0 spiro atoms. The molecule has 1 N–H and O–H groups in total. The molecule has 0 atom stereocenters. The molecule has 1 heteroatoms. The largest absolute Gasteiger partial charge is 0.354 e. The van der Waals surface area contributed by atoms with Gasteiger partial charge in [-0.05, 0) is 87.0 Å². The lowest BCUT2D eigenvalue weighted by atomic mass is 9.79. The molecule has 0 bridgehead atoms. The van der Waals surface area contributed by atoms with E-state index < -0.39 is 0 Å². The van der Waals surface area contributed by atoms with Gasteiger partial charge in [-0.2, -0.15) is 0 Å². The summed E-state index contributed by atoms with van der Waals surface area (Å²) >= 11 is 0. The highest BCUT2D eigenvalue weighted by Crippen LogP contribution is 2.53. The van der Waals surface area contributed by atoms with Gasteiger partial charge in [0.1, 0.15) is 0 Å². The van der Waals surface area contributed by atoms with Gasteiger partial charge in [0.25, 0.3) is 0 Å². The van der Waals surface area contributed by atoms with Crippen LogP contribution in [-0.4, -0.2) is 4.98 Å². The van der Waals surface area contributed by atoms with E-state index >= 15 is 0 Å². The molecule has 8 rings (SSSR count). The molecule has 0 saturated carbocycles. The monoisotopic (exact) mass is 513 g/mol. The molecule has 192 valence electrons. The Morgan fingerprint density at radius 3 is 1.70 bits per heavy atom. The van der Waals surface area contributed by atoms with E-state index in [1.165, 1.54) is 88.2 Å². The van der Waals surface area contributed by atoms with Crippen LogP contribution in [0.4, 0.5) is 0 Å². The van der Waals surface area contributed by atoms with Crippen molar-refractivity contribution in [3.05, 3.63) is 131 Å². The molecule has 0 aliphatic heterocycles. The minimum Gasteiger partial charge on any atom is -0.354 e. The molecule has 1 heterocycles. The van der Waals surface area contributed by atoms with E-state index in [0.717, 1.165) is 0 Å². The van der Waals surface area contributed by atoms with Crippen LogP contribution in [0.1, 0.15) is 36.1 Å². The van der Waals surface area contributed by atoms with Crippen LogP contribution >= 0.6 is 0 Å². The third-order valence-corrected chi connectivity index (χ3v) is 9.10. The van der Waals surface area contributed by atoms with Gasteiger partial charge in [-0.15, -0.1) is 0 Å². The van der Waals surface area contributed by atoms with Gasteiger partial charge >= 0.3 is 0 Å². The van der Waals surface area contributed by atoms with Crippen molar-refractivity contribution in [2.24, 2.45) is 0 Å². The summed E-state index contributed by atoms with van der Waals surface area (Å²) in [5.74, 6) is 0. The summed E-state index contributed by atoms with van der Waals surface area (Å²) in [6.45, 7) is 9.10. The maximum Gasteiger partial charge on any atom is 0.0509 e. The average Bonchev–Trinajstić information content (AvgIpc) is 3.45. The van der Waals surface area contributed by atoms with Gasteiger partial charge in [0.05, 0.1) is 5.69 Å². The molecule has 1 nitrogen and oxygen atoms in total. The first-order chi connectivity index (χ1) is 19.4. The van der Waals surface area contributed by atoms with Gasteiger partial charge in [0, 0.05) is 21.9 Å². The lowest BCUT2D eigenvalue weighted by molar-refractivity contribution is 0.667. The normalized spacial score (nSPS) is 13.7. The van der Waals surface area contributed by atoms with Crippen molar-refractivity contribution in [3.63, 3.8) is 0 Å². The van der Waals surface area contributed by atoms with Crippen molar-refractivity contribution < 1.29 is 0 Å². The predicted molar refractivity (Wildman–Crippen MR) is 171 cm³/mol. The molecule has 40 heavy (non-hydrogen) atoms. The van der Waals surface area contributed by atoms with Crippen molar-refractivity contribution >= 4 is 32.4 Å². The molecule has 0 amide bonds. The molecular weight excluding hydrogens is 482 g/mol. The van der Waals surface area contributed by atoms with Crippen LogP contribution in [0.3, 0.4) is 0 Å². The molecule has 0 radical (unpaired) electrons. The maximum atomic E-state index is 3.76. The molecule has 0 unspecified atom stereocenters. The molecule has 1 aliphatic rings. The number of nitrogens with one attached hydrogen (secondary N) is 1. The summed E-state index contributed by atoms with van der Waals surface area (Å²) in [5.41, 5.74) is 14.3. The summed E-state index contributed by atoms with van der Waals surface area (Å²) < 4.78 is 0. The Bertz CT molecular complexity index is 2080. The van der Waals surface area contributed by atoms with Crippen LogP contribution in [0.25, 0.3) is 66.0 Å². The third kappa shape index (κ3) is 3.15. The van der Waals surface area contributed by atoms with Gasteiger partial charge in [-0.25, -0.2) is 0 Å². The van der Waals surface area contributed by atoms with E-state index in [0.29, 0.717) is 0 Å². The second kappa shape index (κ2) is 8.19. The molecule has 0 fully saturated rings. The van der Waals surface area contributed by atoms with Crippen molar-refractivity contribution in [2.45, 2.75) is 33.1 Å². The van der Waals surface area contributed by atoms with Gasteiger partial charge < -0.3 is 4.98 Å². The number of H-pyrrole nitrogens is 1. The molecule has 6 aromatic carbocycles. The van der Waals surface area contributed by atoms with Crippen LogP contribution in [0.5, 0.6) is 0 Å². The van der Waals surface area contributed by atoms with E-state index in [9.17, 15) is 0 Å². The summed E-state index contributed by atoms with van der Waals surface area (Å²) in [4.78, 5) is 3.76. The average molecular weight is 514 g/mol. The predicted octanol–water partition coefficient (Wildman–Crippen LogP) is 10.7. The molecule has 0 saturated heterocycles. The Hall–Kier alpha value is -4.62. The van der Waals surface area contributed by atoms with Crippen LogP contribution < -0.4 is 0 Å². The maximum absolute atomic E-state index is 3.76. The SMILES string of the molecule is Cc1ccc(-c2c3ccccc3c(-c3ccc4c(c3)C(C)(C)c3c-4[nH]c4ccc(C)cc34)c3ccccc23)cc1. The number of hydrogen-bond donors (Lipinski definition) is 1. The minimum absolute atomic E-state index is 0.0971. The number of benzene rings is 6. The topological polar surface area (TPSA) is 15.8 Å². The number of fused-ring (bicyclic) bond motifs is 7. The molecule has 1 aliphatic carbocycles. The van der Waals surface area contributed by atoms with Crippen molar-refractivity contribution in [1.82, 2.24) is 4.98 Å². The van der Waals surface area contributed by atoms with Gasteiger partial charge in [0.2, 0.25) is 0 Å². The highest BCUT2D eigenvalue weighted by molar-refractivity contribution is 6.21. The lowest BCUT2D eigenvalue weighted by Crippen LogP contribution is -2.15. The first-order valence-electron chi connectivity index (χ1n) is 14.2. The Morgan fingerprint density at radius 1 is 0.525 bits per heavy atom. The Balaban J connectivity index is 1.42. The van der Waals surface area contributed by atoms with Crippen LogP contribution in [0.2, 0.25) is 0 Å².